The van der Waals surface area contributed by atoms with Crippen LogP contribution in [-0.4, -0.2) is 48.4 Å². The van der Waals surface area contributed by atoms with Gasteiger partial charge in [0.2, 0.25) is 0 Å². The molecule has 28 heavy (non-hydrogen) atoms. The number of halogens is 1. The second-order valence-electron chi connectivity index (χ2n) is 6.12. The zero-order valence-electron chi connectivity index (χ0n) is 16.3. The lowest BCUT2D eigenvalue weighted by atomic mass is 10.1. The van der Waals surface area contributed by atoms with E-state index in [0.29, 0.717) is 22.1 Å². The first kappa shape index (κ1) is 22.1. The van der Waals surface area contributed by atoms with E-state index in [9.17, 15) is 14.4 Å². The SMILES string of the molecule is CC[C@@H](C)Oc1c(Cl)cc(/C=C2/SC(=O)N([C@@H](C)C(=O)OC)C2=O)cc1OC. The minimum Gasteiger partial charge on any atom is -0.493 e. The minimum atomic E-state index is -1.01. The fraction of sp³-hybridized carbons (Fsp3) is 0.421. The van der Waals surface area contributed by atoms with Crippen molar-refractivity contribution in [2.24, 2.45) is 0 Å². The number of methoxy groups -OCH3 is 2. The van der Waals surface area contributed by atoms with E-state index in [1.807, 2.05) is 13.8 Å². The molecular formula is C19H22ClNO6S. The van der Waals surface area contributed by atoms with Gasteiger partial charge in [-0.25, -0.2) is 4.79 Å². The summed E-state index contributed by atoms with van der Waals surface area (Å²) in [5.41, 5.74) is 0.564. The van der Waals surface area contributed by atoms with Gasteiger partial charge in [-0.15, -0.1) is 0 Å². The molecular weight excluding hydrogens is 406 g/mol. The van der Waals surface area contributed by atoms with Gasteiger partial charge in [0.05, 0.1) is 30.3 Å². The van der Waals surface area contributed by atoms with Crippen molar-refractivity contribution in [3.8, 4) is 11.5 Å². The summed E-state index contributed by atoms with van der Waals surface area (Å²) < 4.78 is 15.8. The Morgan fingerprint density at radius 1 is 1.29 bits per heavy atom. The number of carbonyl (C=O) groups excluding carboxylic acids is 3. The van der Waals surface area contributed by atoms with E-state index in [-0.39, 0.29) is 11.0 Å². The zero-order chi connectivity index (χ0) is 21.0. The van der Waals surface area contributed by atoms with Crippen LogP contribution in [0.5, 0.6) is 11.5 Å². The molecule has 1 heterocycles. The van der Waals surface area contributed by atoms with Crippen LogP contribution < -0.4 is 9.47 Å². The Morgan fingerprint density at radius 3 is 2.54 bits per heavy atom. The molecule has 1 aromatic rings. The molecule has 0 bridgehead atoms. The highest BCUT2D eigenvalue weighted by Gasteiger charge is 2.41. The van der Waals surface area contributed by atoms with Crippen LogP contribution in [-0.2, 0) is 14.3 Å². The summed E-state index contributed by atoms with van der Waals surface area (Å²) in [7, 11) is 2.69. The second kappa shape index (κ2) is 9.34. The van der Waals surface area contributed by atoms with E-state index in [1.165, 1.54) is 27.2 Å². The first-order chi connectivity index (χ1) is 13.2. The van der Waals surface area contributed by atoms with Crippen LogP contribution in [0.4, 0.5) is 4.79 Å². The van der Waals surface area contributed by atoms with Crippen molar-refractivity contribution in [2.45, 2.75) is 39.3 Å². The van der Waals surface area contributed by atoms with Gasteiger partial charge in [0.15, 0.2) is 11.5 Å². The third-order valence-corrected chi connectivity index (χ3v) is 5.36. The Labute approximate surface area is 172 Å². The van der Waals surface area contributed by atoms with Gasteiger partial charge in [-0.2, -0.15) is 0 Å². The summed E-state index contributed by atoms with van der Waals surface area (Å²) in [4.78, 5) is 37.5. The van der Waals surface area contributed by atoms with Crippen molar-refractivity contribution in [3.63, 3.8) is 0 Å². The van der Waals surface area contributed by atoms with Crippen molar-refractivity contribution in [3.05, 3.63) is 27.6 Å². The molecule has 0 spiro atoms. The van der Waals surface area contributed by atoms with Crippen LogP contribution in [0.25, 0.3) is 6.08 Å². The number of rotatable bonds is 7. The molecule has 0 unspecified atom stereocenters. The lowest BCUT2D eigenvalue weighted by molar-refractivity contribution is -0.148. The third-order valence-electron chi connectivity index (χ3n) is 4.20. The van der Waals surface area contributed by atoms with Crippen LogP contribution in [0.15, 0.2) is 17.0 Å². The van der Waals surface area contributed by atoms with Gasteiger partial charge in [0.1, 0.15) is 6.04 Å². The van der Waals surface area contributed by atoms with Crippen molar-refractivity contribution in [1.29, 1.82) is 0 Å². The summed E-state index contributed by atoms with van der Waals surface area (Å²) in [5.74, 6) is -0.396. The normalized spacial score (nSPS) is 17.6. The molecule has 0 aromatic heterocycles. The fourth-order valence-electron chi connectivity index (χ4n) is 2.46. The topological polar surface area (TPSA) is 82.1 Å². The highest BCUT2D eigenvalue weighted by molar-refractivity contribution is 8.18. The van der Waals surface area contributed by atoms with E-state index in [1.54, 1.807) is 12.1 Å². The predicted molar refractivity (Wildman–Crippen MR) is 108 cm³/mol. The number of ether oxygens (including phenoxy) is 3. The van der Waals surface area contributed by atoms with Gasteiger partial charge in [-0.1, -0.05) is 18.5 Å². The summed E-state index contributed by atoms with van der Waals surface area (Å²) in [6, 6.07) is 2.29. The number of esters is 1. The maximum atomic E-state index is 12.6. The van der Waals surface area contributed by atoms with Gasteiger partial charge >= 0.3 is 5.97 Å². The Hall–Kier alpha value is -2.19. The molecule has 1 aliphatic heterocycles. The second-order valence-corrected chi connectivity index (χ2v) is 7.52. The Balaban J connectivity index is 2.35. The monoisotopic (exact) mass is 427 g/mol. The summed E-state index contributed by atoms with van der Waals surface area (Å²) in [5, 5.41) is -0.211. The van der Waals surface area contributed by atoms with Crippen LogP contribution in [0, 0.1) is 0 Å². The van der Waals surface area contributed by atoms with Crippen LogP contribution in [0.1, 0.15) is 32.8 Å². The average molecular weight is 428 g/mol. The smallest absolute Gasteiger partial charge is 0.328 e. The molecule has 1 fully saturated rings. The molecule has 7 nitrogen and oxygen atoms in total. The zero-order valence-corrected chi connectivity index (χ0v) is 17.8. The van der Waals surface area contributed by atoms with Gasteiger partial charge in [-0.3, -0.25) is 14.5 Å². The number of thioether (sulfide) groups is 1. The largest absolute Gasteiger partial charge is 0.493 e. The number of hydrogen-bond donors (Lipinski definition) is 0. The van der Waals surface area contributed by atoms with E-state index < -0.39 is 23.2 Å². The first-order valence-electron chi connectivity index (χ1n) is 8.62. The summed E-state index contributed by atoms with van der Waals surface area (Å²) in [6.45, 7) is 5.35. The van der Waals surface area contributed by atoms with Crippen LogP contribution in [0.3, 0.4) is 0 Å². The Morgan fingerprint density at radius 2 is 1.96 bits per heavy atom. The average Bonchev–Trinajstić information content (AvgIpc) is 2.95. The van der Waals surface area contributed by atoms with E-state index in [4.69, 9.17) is 21.1 Å². The van der Waals surface area contributed by atoms with Crippen LogP contribution >= 0.6 is 23.4 Å². The van der Waals surface area contributed by atoms with Crippen molar-refractivity contribution < 1.29 is 28.6 Å². The molecule has 1 aliphatic rings. The molecule has 2 atom stereocenters. The Bertz CT molecular complexity index is 825. The number of carbonyl (C=O) groups is 3. The van der Waals surface area contributed by atoms with Gasteiger partial charge in [0.25, 0.3) is 11.1 Å². The highest BCUT2D eigenvalue weighted by atomic mass is 35.5. The minimum absolute atomic E-state index is 0.0476. The summed E-state index contributed by atoms with van der Waals surface area (Å²) >= 11 is 7.09. The predicted octanol–water partition coefficient (Wildman–Crippen LogP) is 4.12. The molecule has 0 saturated carbocycles. The quantitative estimate of drug-likeness (QED) is 0.478. The van der Waals surface area contributed by atoms with Crippen molar-refractivity contribution >= 4 is 46.6 Å². The van der Waals surface area contributed by atoms with E-state index in [2.05, 4.69) is 4.74 Å². The van der Waals surface area contributed by atoms with Crippen molar-refractivity contribution in [2.75, 3.05) is 14.2 Å². The van der Waals surface area contributed by atoms with E-state index >= 15 is 0 Å². The molecule has 1 saturated heterocycles. The number of benzene rings is 1. The highest BCUT2D eigenvalue weighted by Crippen LogP contribution is 2.40. The molecule has 0 N–H and O–H groups in total. The van der Waals surface area contributed by atoms with Gasteiger partial charge in [0, 0.05) is 0 Å². The van der Waals surface area contributed by atoms with Gasteiger partial charge in [-0.05, 0) is 55.8 Å². The van der Waals surface area contributed by atoms with Crippen molar-refractivity contribution in [1.82, 2.24) is 4.90 Å². The summed E-state index contributed by atoms with van der Waals surface area (Å²) in [6.07, 6.45) is 2.27. The Kier molecular flexibility index (Phi) is 7.37. The number of hydrogen-bond acceptors (Lipinski definition) is 7. The fourth-order valence-corrected chi connectivity index (χ4v) is 3.63. The lowest BCUT2D eigenvalue weighted by Gasteiger charge is -2.18. The van der Waals surface area contributed by atoms with Gasteiger partial charge < -0.3 is 14.2 Å². The standard InChI is InChI=1S/C19H22ClNO6S/c1-6-10(2)27-16-13(20)7-12(8-14(16)25-4)9-15-17(22)21(19(24)28-15)11(3)18(23)26-5/h7-11H,6H2,1-5H3/b15-9+/t10-,11+/m1/s1. The molecule has 0 radical (unpaired) electrons. The molecule has 2 rings (SSSR count). The van der Waals surface area contributed by atoms with E-state index in [0.717, 1.165) is 23.1 Å². The molecule has 2 amide bonds. The molecule has 0 aliphatic carbocycles. The maximum Gasteiger partial charge on any atom is 0.328 e. The number of imide groups is 1. The number of nitrogens with zero attached hydrogens (tertiary/aromatic N) is 1. The number of amides is 2. The third kappa shape index (κ3) is 4.62. The van der Waals surface area contributed by atoms with Crippen LogP contribution in [0.2, 0.25) is 5.02 Å². The maximum absolute atomic E-state index is 12.6. The lowest BCUT2D eigenvalue weighted by Crippen LogP contribution is -2.42. The molecule has 152 valence electrons. The molecule has 1 aromatic carbocycles. The molecule has 9 heteroatoms. The first-order valence-corrected chi connectivity index (χ1v) is 9.81.